The number of aliphatic hydroxyl groups excluding tert-OH is 1. The van der Waals surface area contributed by atoms with E-state index in [2.05, 4.69) is 10.2 Å². The van der Waals surface area contributed by atoms with Crippen LogP contribution < -0.4 is 14.8 Å². The number of nitrogens with one attached hydrogen (secondary N) is 1. The van der Waals surface area contributed by atoms with Gasteiger partial charge in [-0.3, -0.25) is 0 Å². The number of nitrogens with zero attached hydrogens (tertiary/aromatic N) is 1. The molecule has 0 aliphatic carbocycles. The van der Waals surface area contributed by atoms with Crippen LogP contribution in [0, 0.1) is 0 Å². The minimum Gasteiger partial charge on any atom is -0.493 e. The molecule has 0 saturated carbocycles. The largest absolute Gasteiger partial charge is 0.493 e. The van der Waals surface area contributed by atoms with Crippen LogP contribution in [0.15, 0.2) is 18.2 Å². The zero-order valence-corrected chi connectivity index (χ0v) is 18.5. The number of likely N-dealkylation sites (tertiary alicyclic amines) is 1. The molecule has 29 heavy (non-hydrogen) atoms. The number of hydrogen-bond donors (Lipinski definition) is 2. The fourth-order valence-corrected chi connectivity index (χ4v) is 3.58. The summed E-state index contributed by atoms with van der Waals surface area (Å²) in [5, 5.41) is 13.8. The Morgan fingerprint density at radius 1 is 1.07 bits per heavy atom. The van der Waals surface area contributed by atoms with Crippen molar-refractivity contribution in [2.24, 2.45) is 0 Å². The van der Waals surface area contributed by atoms with Crippen LogP contribution >= 0.6 is 0 Å². The fraction of sp³-hybridized carbons (Fsp3) is 0.739. The van der Waals surface area contributed by atoms with Crippen molar-refractivity contribution >= 4 is 0 Å². The number of ether oxygens (including phenoxy) is 3. The molecule has 0 aromatic heterocycles. The van der Waals surface area contributed by atoms with Gasteiger partial charge in [0.15, 0.2) is 11.5 Å². The molecule has 0 spiro atoms. The lowest BCUT2D eigenvalue weighted by molar-refractivity contribution is 0.0644. The van der Waals surface area contributed by atoms with E-state index in [9.17, 15) is 5.11 Å². The maximum Gasteiger partial charge on any atom is 0.161 e. The first-order valence-electron chi connectivity index (χ1n) is 11.1. The minimum atomic E-state index is -0.505. The van der Waals surface area contributed by atoms with Crippen LogP contribution in [0.2, 0.25) is 0 Å². The van der Waals surface area contributed by atoms with Gasteiger partial charge in [-0.1, -0.05) is 25.3 Å². The van der Waals surface area contributed by atoms with Crippen LogP contribution in [0.1, 0.15) is 51.5 Å². The second-order valence-electron chi connectivity index (χ2n) is 8.11. The van der Waals surface area contributed by atoms with E-state index in [1.54, 1.807) is 7.11 Å². The van der Waals surface area contributed by atoms with Gasteiger partial charge in [0.05, 0.1) is 19.8 Å². The summed E-state index contributed by atoms with van der Waals surface area (Å²) < 4.78 is 16.9. The van der Waals surface area contributed by atoms with Gasteiger partial charge in [0.2, 0.25) is 0 Å². The third-order valence-electron chi connectivity index (χ3n) is 5.14. The maximum atomic E-state index is 10.5. The summed E-state index contributed by atoms with van der Waals surface area (Å²) in [7, 11) is 1.64. The molecule has 1 atom stereocenters. The van der Waals surface area contributed by atoms with Crippen molar-refractivity contribution in [3.63, 3.8) is 0 Å². The van der Waals surface area contributed by atoms with Crippen molar-refractivity contribution in [3.8, 4) is 11.5 Å². The highest BCUT2D eigenvalue weighted by Crippen LogP contribution is 2.28. The van der Waals surface area contributed by atoms with Gasteiger partial charge in [-0.25, -0.2) is 0 Å². The topological polar surface area (TPSA) is 63.2 Å². The Balaban J connectivity index is 1.79. The lowest BCUT2D eigenvalue weighted by Gasteiger charge is -2.26. The van der Waals surface area contributed by atoms with Crippen LogP contribution in [0.25, 0.3) is 0 Å². The summed E-state index contributed by atoms with van der Waals surface area (Å²) >= 11 is 0. The predicted octanol–water partition coefficient (Wildman–Crippen LogP) is 3.22. The molecule has 1 heterocycles. The first kappa shape index (κ1) is 23.9. The van der Waals surface area contributed by atoms with Crippen LogP contribution in [0.5, 0.6) is 11.5 Å². The van der Waals surface area contributed by atoms with Crippen molar-refractivity contribution in [2.45, 2.75) is 64.7 Å². The number of rotatable bonds is 12. The Morgan fingerprint density at radius 3 is 2.48 bits per heavy atom. The van der Waals surface area contributed by atoms with E-state index in [1.807, 2.05) is 32.0 Å². The molecule has 166 valence electrons. The molecule has 2 N–H and O–H groups in total. The van der Waals surface area contributed by atoms with Crippen LogP contribution in [0.4, 0.5) is 0 Å². The summed E-state index contributed by atoms with van der Waals surface area (Å²) in [4.78, 5) is 2.37. The SMILES string of the molecule is COc1ccc(CNCCOC(C)C)cc1OC[C@@H](O)CN1CCCCCCC1. The average molecular weight is 409 g/mol. The normalized spacial score (nSPS) is 17.0. The molecule has 1 aromatic carbocycles. The quantitative estimate of drug-likeness (QED) is 0.518. The van der Waals surface area contributed by atoms with E-state index in [4.69, 9.17) is 14.2 Å². The van der Waals surface area contributed by atoms with Gasteiger partial charge in [0.1, 0.15) is 12.7 Å². The summed E-state index contributed by atoms with van der Waals surface area (Å²) in [5.74, 6) is 1.37. The summed E-state index contributed by atoms with van der Waals surface area (Å²) in [6, 6.07) is 5.93. The maximum absolute atomic E-state index is 10.5. The highest BCUT2D eigenvalue weighted by atomic mass is 16.5. The van der Waals surface area contributed by atoms with Crippen molar-refractivity contribution in [1.82, 2.24) is 10.2 Å². The molecule has 0 radical (unpaired) electrons. The van der Waals surface area contributed by atoms with Crippen molar-refractivity contribution < 1.29 is 19.3 Å². The van der Waals surface area contributed by atoms with E-state index < -0.39 is 6.10 Å². The number of benzene rings is 1. The molecule has 0 unspecified atom stereocenters. The third-order valence-corrected chi connectivity index (χ3v) is 5.14. The highest BCUT2D eigenvalue weighted by Gasteiger charge is 2.15. The van der Waals surface area contributed by atoms with Gasteiger partial charge in [0, 0.05) is 19.6 Å². The molecule has 1 aliphatic rings. The zero-order valence-electron chi connectivity index (χ0n) is 18.5. The first-order chi connectivity index (χ1) is 14.1. The minimum absolute atomic E-state index is 0.253. The molecule has 6 heteroatoms. The molecular weight excluding hydrogens is 368 g/mol. The standard InChI is InChI=1S/C23H40N2O4/c1-19(2)28-14-11-24-16-20-9-10-22(27-3)23(15-20)29-18-21(26)17-25-12-7-5-4-6-8-13-25/h9-10,15,19,21,24,26H,4-8,11-14,16-18H2,1-3H3/t21-/m0/s1. The van der Waals surface area contributed by atoms with E-state index in [-0.39, 0.29) is 12.7 Å². The Kier molecular flexibility index (Phi) is 11.4. The van der Waals surface area contributed by atoms with E-state index >= 15 is 0 Å². The van der Waals surface area contributed by atoms with E-state index in [0.717, 1.165) is 31.7 Å². The smallest absolute Gasteiger partial charge is 0.161 e. The van der Waals surface area contributed by atoms with Gasteiger partial charge in [0.25, 0.3) is 0 Å². The summed E-state index contributed by atoms with van der Waals surface area (Å²) in [6.07, 6.45) is 6.12. The van der Waals surface area contributed by atoms with Crippen molar-refractivity contribution in [2.75, 3.05) is 46.5 Å². The molecule has 2 rings (SSSR count). The molecule has 1 fully saturated rings. The highest BCUT2D eigenvalue weighted by molar-refractivity contribution is 5.43. The van der Waals surface area contributed by atoms with Crippen molar-refractivity contribution in [3.05, 3.63) is 23.8 Å². The third kappa shape index (κ3) is 9.81. The molecule has 1 aliphatic heterocycles. The van der Waals surface area contributed by atoms with E-state index in [1.165, 1.54) is 32.1 Å². The summed E-state index contributed by atoms with van der Waals surface area (Å²) in [6.45, 7) is 9.38. The van der Waals surface area contributed by atoms with Crippen LogP contribution in [-0.4, -0.2) is 68.7 Å². The van der Waals surface area contributed by atoms with Gasteiger partial charge in [-0.2, -0.15) is 0 Å². The van der Waals surface area contributed by atoms with Gasteiger partial charge >= 0.3 is 0 Å². The second-order valence-corrected chi connectivity index (χ2v) is 8.11. The molecule has 0 bridgehead atoms. The Labute approximate surface area is 176 Å². The average Bonchev–Trinajstić information content (AvgIpc) is 2.68. The first-order valence-corrected chi connectivity index (χ1v) is 11.1. The Hall–Kier alpha value is -1.34. The monoisotopic (exact) mass is 408 g/mol. The van der Waals surface area contributed by atoms with Gasteiger partial charge in [-0.15, -0.1) is 0 Å². The molecule has 1 saturated heterocycles. The second kappa shape index (κ2) is 13.8. The zero-order chi connectivity index (χ0) is 20.9. The van der Waals surface area contributed by atoms with Crippen LogP contribution in [0.3, 0.4) is 0 Å². The number of β-amino-alcohol motifs (C(OH)–C–C–N with tert-alkyl or cyclic N) is 1. The molecule has 1 aromatic rings. The molecular formula is C23H40N2O4. The van der Waals surface area contributed by atoms with Crippen molar-refractivity contribution in [1.29, 1.82) is 0 Å². The Bertz CT molecular complexity index is 560. The fourth-order valence-electron chi connectivity index (χ4n) is 3.58. The van der Waals surface area contributed by atoms with Gasteiger partial charge < -0.3 is 29.5 Å². The number of methoxy groups -OCH3 is 1. The number of hydrogen-bond acceptors (Lipinski definition) is 6. The van der Waals surface area contributed by atoms with Gasteiger partial charge in [-0.05, 0) is 57.5 Å². The summed E-state index contributed by atoms with van der Waals surface area (Å²) in [5.41, 5.74) is 1.11. The molecule has 0 amide bonds. The molecule has 6 nitrogen and oxygen atoms in total. The lowest BCUT2D eigenvalue weighted by Crippen LogP contribution is -2.37. The number of aliphatic hydroxyl groups is 1. The lowest BCUT2D eigenvalue weighted by atomic mass is 10.1. The van der Waals surface area contributed by atoms with E-state index in [0.29, 0.717) is 24.7 Å². The van der Waals surface area contributed by atoms with Crippen LogP contribution in [-0.2, 0) is 11.3 Å². The predicted molar refractivity (Wildman–Crippen MR) is 117 cm³/mol. The Morgan fingerprint density at radius 2 is 1.79 bits per heavy atom.